The number of hydrogen-bond acceptors (Lipinski definition) is 5. The fraction of sp³-hybridized carbons (Fsp3) is 0.250. The molecule has 0 aliphatic carbocycles. The minimum atomic E-state index is 0.466. The minimum absolute atomic E-state index is 0.466. The Labute approximate surface area is 89.7 Å². The molecule has 0 radical (unpaired) electrons. The molecule has 0 aliphatic heterocycles. The highest BCUT2D eigenvalue weighted by molar-refractivity contribution is 7.14. The van der Waals surface area contributed by atoms with Crippen LogP contribution in [0.15, 0.2) is 15.9 Å². The monoisotopic (exact) mass is 229 g/mol. The van der Waals surface area contributed by atoms with Gasteiger partial charge in [0.15, 0.2) is 0 Å². The summed E-state index contributed by atoms with van der Waals surface area (Å²) in [7, 11) is 0. The van der Waals surface area contributed by atoms with Crippen LogP contribution >= 0.6 is 22.9 Å². The molecule has 0 bridgehead atoms. The predicted molar refractivity (Wildman–Crippen MR) is 55.4 cm³/mol. The van der Waals surface area contributed by atoms with Gasteiger partial charge in [-0.1, -0.05) is 11.6 Å². The first-order chi connectivity index (χ1) is 6.81. The first-order valence-electron chi connectivity index (χ1n) is 4.07. The summed E-state index contributed by atoms with van der Waals surface area (Å²) < 4.78 is 5.37. The van der Waals surface area contributed by atoms with Crippen LogP contribution in [0.25, 0.3) is 10.8 Å². The lowest BCUT2D eigenvalue weighted by Gasteiger charge is -1.89. The standard InChI is InChI=1S/C8H8ClN3OS/c9-5-2-4-14-7(5)8-12-11-6(13-8)1-3-10/h2,4H,1,3,10H2. The largest absolute Gasteiger partial charge is 0.420 e. The van der Waals surface area contributed by atoms with Gasteiger partial charge >= 0.3 is 0 Å². The van der Waals surface area contributed by atoms with E-state index in [1.165, 1.54) is 11.3 Å². The van der Waals surface area contributed by atoms with Crippen LogP contribution in [-0.2, 0) is 6.42 Å². The number of aromatic nitrogens is 2. The van der Waals surface area contributed by atoms with E-state index in [1.54, 1.807) is 6.07 Å². The van der Waals surface area contributed by atoms with Crippen molar-refractivity contribution >= 4 is 22.9 Å². The van der Waals surface area contributed by atoms with Crippen LogP contribution in [0, 0.1) is 0 Å². The molecule has 2 N–H and O–H groups in total. The molecule has 2 aromatic rings. The van der Waals surface area contributed by atoms with Crippen molar-refractivity contribution < 1.29 is 4.42 Å². The van der Waals surface area contributed by atoms with Gasteiger partial charge in [-0.25, -0.2) is 0 Å². The summed E-state index contributed by atoms with van der Waals surface area (Å²) >= 11 is 7.39. The number of hydrogen-bond donors (Lipinski definition) is 1. The van der Waals surface area contributed by atoms with Crippen LogP contribution in [0.5, 0.6) is 0 Å². The summed E-state index contributed by atoms with van der Waals surface area (Å²) in [6.45, 7) is 0.500. The molecule has 0 saturated carbocycles. The summed E-state index contributed by atoms with van der Waals surface area (Å²) in [4.78, 5) is 0.808. The molecule has 0 saturated heterocycles. The molecule has 0 aromatic carbocycles. The lowest BCUT2D eigenvalue weighted by atomic mass is 10.4. The Balaban J connectivity index is 2.29. The van der Waals surface area contributed by atoms with Gasteiger partial charge in [0, 0.05) is 13.0 Å². The Kier molecular flexibility index (Phi) is 2.81. The molecule has 2 rings (SSSR count). The smallest absolute Gasteiger partial charge is 0.259 e. The van der Waals surface area contributed by atoms with Gasteiger partial charge in [-0.3, -0.25) is 0 Å². The molecule has 0 fully saturated rings. The predicted octanol–water partition coefficient (Wildman–Crippen LogP) is 1.95. The molecule has 4 nitrogen and oxygen atoms in total. The third-order valence-electron chi connectivity index (χ3n) is 1.64. The van der Waals surface area contributed by atoms with Gasteiger partial charge in [-0.05, 0) is 11.4 Å². The Hall–Kier alpha value is -0.910. The molecule has 0 amide bonds. The maximum Gasteiger partial charge on any atom is 0.259 e. The molecular formula is C8H8ClN3OS. The van der Waals surface area contributed by atoms with Crippen molar-refractivity contribution in [2.75, 3.05) is 6.54 Å². The van der Waals surface area contributed by atoms with Gasteiger partial charge in [-0.15, -0.1) is 21.5 Å². The molecule has 0 atom stereocenters. The van der Waals surface area contributed by atoms with E-state index in [0.717, 1.165) is 4.88 Å². The zero-order valence-electron chi connectivity index (χ0n) is 7.24. The Morgan fingerprint density at radius 1 is 1.50 bits per heavy atom. The van der Waals surface area contributed by atoms with Crippen molar-refractivity contribution in [3.8, 4) is 10.8 Å². The van der Waals surface area contributed by atoms with E-state index in [2.05, 4.69) is 10.2 Å². The maximum atomic E-state index is 5.92. The highest BCUT2D eigenvalue weighted by Crippen LogP contribution is 2.31. The highest BCUT2D eigenvalue weighted by Gasteiger charge is 2.12. The third kappa shape index (κ3) is 1.79. The highest BCUT2D eigenvalue weighted by atomic mass is 35.5. The summed E-state index contributed by atoms with van der Waals surface area (Å²) in [6, 6.07) is 1.80. The van der Waals surface area contributed by atoms with Gasteiger partial charge in [0.05, 0.1) is 5.02 Å². The number of halogens is 1. The van der Waals surface area contributed by atoms with Crippen molar-refractivity contribution in [1.29, 1.82) is 0 Å². The molecule has 0 spiro atoms. The van der Waals surface area contributed by atoms with Crippen molar-refractivity contribution in [3.63, 3.8) is 0 Å². The van der Waals surface area contributed by atoms with Crippen LogP contribution in [0.1, 0.15) is 5.89 Å². The van der Waals surface area contributed by atoms with Gasteiger partial charge in [0.1, 0.15) is 4.88 Å². The molecule has 0 unspecified atom stereocenters. The van der Waals surface area contributed by atoms with Gasteiger partial charge < -0.3 is 10.2 Å². The Bertz CT molecular complexity index is 426. The molecule has 74 valence electrons. The van der Waals surface area contributed by atoms with Crippen LogP contribution in [0.4, 0.5) is 0 Å². The number of thiophene rings is 1. The zero-order chi connectivity index (χ0) is 9.97. The second-order valence-electron chi connectivity index (χ2n) is 2.64. The fourth-order valence-electron chi connectivity index (χ4n) is 1.02. The van der Waals surface area contributed by atoms with Crippen molar-refractivity contribution in [3.05, 3.63) is 22.4 Å². The Morgan fingerprint density at radius 2 is 2.36 bits per heavy atom. The minimum Gasteiger partial charge on any atom is -0.420 e. The molecular weight excluding hydrogens is 222 g/mol. The average Bonchev–Trinajstić information content (AvgIpc) is 2.74. The van der Waals surface area contributed by atoms with Crippen LogP contribution in [0.2, 0.25) is 5.02 Å². The molecule has 14 heavy (non-hydrogen) atoms. The lowest BCUT2D eigenvalue weighted by molar-refractivity contribution is 0.508. The number of nitrogens with zero attached hydrogens (tertiary/aromatic N) is 2. The van der Waals surface area contributed by atoms with Crippen LogP contribution in [0.3, 0.4) is 0 Å². The Morgan fingerprint density at radius 3 is 3.00 bits per heavy atom. The van der Waals surface area contributed by atoms with Crippen molar-refractivity contribution in [2.24, 2.45) is 5.73 Å². The van der Waals surface area contributed by atoms with E-state index in [9.17, 15) is 0 Å². The van der Waals surface area contributed by atoms with E-state index >= 15 is 0 Å². The van der Waals surface area contributed by atoms with E-state index in [0.29, 0.717) is 29.8 Å². The SMILES string of the molecule is NCCc1nnc(-c2sccc2Cl)o1. The second kappa shape index (κ2) is 4.08. The average molecular weight is 230 g/mol. The number of nitrogens with two attached hydrogens (primary N) is 1. The van der Waals surface area contributed by atoms with Gasteiger partial charge in [0.2, 0.25) is 5.89 Å². The van der Waals surface area contributed by atoms with Crippen LogP contribution < -0.4 is 5.73 Å². The van der Waals surface area contributed by atoms with E-state index in [1.807, 2.05) is 5.38 Å². The lowest BCUT2D eigenvalue weighted by Crippen LogP contribution is -2.02. The van der Waals surface area contributed by atoms with E-state index < -0.39 is 0 Å². The topological polar surface area (TPSA) is 64.9 Å². The molecule has 2 aromatic heterocycles. The van der Waals surface area contributed by atoms with E-state index in [-0.39, 0.29) is 0 Å². The normalized spacial score (nSPS) is 10.7. The fourth-order valence-corrected chi connectivity index (χ4v) is 2.07. The van der Waals surface area contributed by atoms with Crippen molar-refractivity contribution in [1.82, 2.24) is 10.2 Å². The third-order valence-corrected chi connectivity index (χ3v) is 2.97. The summed E-state index contributed by atoms with van der Waals surface area (Å²) in [5, 5.41) is 10.3. The number of rotatable bonds is 3. The maximum absolute atomic E-state index is 5.92. The van der Waals surface area contributed by atoms with Gasteiger partial charge in [0.25, 0.3) is 5.89 Å². The molecule has 2 heterocycles. The van der Waals surface area contributed by atoms with Gasteiger partial charge in [-0.2, -0.15) is 0 Å². The van der Waals surface area contributed by atoms with Crippen LogP contribution in [-0.4, -0.2) is 16.7 Å². The first kappa shape index (κ1) is 9.64. The summed E-state index contributed by atoms with van der Waals surface area (Å²) in [5.74, 6) is 1.01. The zero-order valence-corrected chi connectivity index (χ0v) is 8.81. The molecule has 0 aliphatic rings. The molecule has 6 heteroatoms. The summed E-state index contributed by atoms with van der Waals surface area (Å²) in [5.41, 5.74) is 5.37. The quantitative estimate of drug-likeness (QED) is 0.874. The van der Waals surface area contributed by atoms with Crippen molar-refractivity contribution in [2.45, 2.75) is 6.42 Å². The van der Waals surface area contributed by atoms with E-state index in [4.69, 9.17) is 21.8 Å². The summed E-state index contributed by atoms with van der Waals surface area (Å²) in [6.07, 6.45) is 0.593. The first-order valence-corrected chi connectivity index (χ1v) is 5.33. The second-order valence-corrected chi connectivity index (χ2v) is 3.96.